The predicted octanol–water partition coefficient (Wildman–Crippen LogP) is 2.57. The Morgan fingerprint density at radius 1 is 1.14 bits per heavy atom. The van der Waals surface area contributed by atoms with E-state index in [-0.39, 0.29) is 5.79 Å². The number of hydrogen-bond acceptors (Lipinski definition) is 4. The molecule has 1 spiro atoms. The van der Waals surface area contributed by atoms with Gasteiger partial charge in [-0.05, 0) is 24.6 Å². The number of piperidine rings is 1. The van der Waals surface area contributed by atoms with E-state index >= 15 is 0 Å². The van der Waals surface area contributed by atoms with Gasteiger partial charge in [0, 0.05) is 24.5 Å². The van der Waals surface area contributed by atoms with Crippen molar-refractivity contribution in [2.24, 2.45) is 0 Å². The highest BCUT2D eigenvalue weighted by Gasteiger charge is 2.40. The number of likely N-dealkylation sites (tertiary alicyclic amines) is 1. The average molecular weight is 284 g/mol. The number of fused-ring (bicyclic) bond motifs is 1. The van der Waals surface area contributed by atoms with Gasteiger partial charge in [-0.2, -0.15) is 0 Å². The molecule has 0 aliphatic carbocycles. The van der Waals surface area contributed by atoms with Gasteiger partial charge in [0.05, 0.1) is 25.3 Å². The van der Waals surface area contributed by atoms with Crippen LogP contribution in [0.25, 0.3) is 10.9 Å². The van der Waals surface area contributed by atoms with E-state index in [4.69, 9.17) is 9.47 Å². The van der Waals surface area contributed by atoms with Crippen molar-refractivity contribution in [1.82, 2.24) is 9.88 Å². The minimum atomic E-state index is -0.351. The van der Waals surface area contributed by atoms with Gasteiger partial charge in [-0.15, -0.1) is 0 Å². The molecule has 0 unspecified atom stereocenters. The topological polar surface area (TPSA) is 34.6 Å². The molecule has 0 saturated carbocycles. The second-order valence-corrected chi connectivity index (χ2v) is 5.91. The maximum Gasteiger partial charge on any atom is 0.181 e. The molecule has 2 aliphatic rings. The monoisotopic (exact) mass is 284 g/mol. The lowest BCUT2D eigenvalue weighted by Crippen LogP contribution is -2.48. The summed E-state index contributed by atoms with van der Waals surface area (Å²) in [7, 11) is 0. The van der Waals surface area contributed by atoms with E-state index in [0.29, 0.717) is 0 Å². The van der Waals surface area contributed by atoms with Crippen molar-refractivity contribution in [3.63, 3.8) is 0 Å². The van der Waals surface area contributed by atoms with Crippen molar-refractivity contribution in [3.05, 3.63) is 42.1 Å². The molecule has 4 heteroatoms. The van der Waals surface area contributed by atoms with Crippen LogP contribution < -0.4 is 0 Å². The lowest BCUT2D eigenvalue weighted by atomic mass is 10.0. The molecule has 0 atom stereocenters. The van der Waals surface area contributed by atoms with E-state index in [1.54, 1.807) is 0 Å². The van der Waals surface area contributed by atoms with Gasteiger partial charge in [-0.25, -0.2) is 0 Å². The van der Waals surface area contributed by atoms with E-state index < -0.39 is 0 Å². The molecule has 2 saturated heterocycles. The van der Waals surface area contributed by atoms with Crippen LogP contribution >= 0.6 is 0 Å². The lowest BCUT2D eigenvalue weighted by Gasteiger charge is -2.38. The first kappa shape index (κ1) is 13.2. The lowest BCUT2D eigenvalue weighted by molar-refractivity contribution is -0.190. The summed E-state index contributed by atoms with van der Waals surface area (Å²) in [5, 5.41) is 1.20. The molecule has 21 heavy (non-hydrogen) atoms. The third-order valence-electron chi connectivity index (χ3n) is 4.42. The molecule has 2 fully saturated rings. The highest BCUT2D eigenvalue weighted by Crippen LogP contribution is 2.31. The molecule has 3 heterocycles. The molecule has 2 aliphatic heterocycles. The Morgan fingerprint density at radius 2 is 2.00 bits per heavy atom. The fourth-order valence-corrected chi connectivity index (χ4v) is 3.47. The molecule has 1 aromatic carbocycles. The second-order valence-electron chi connectivity index (χ2n) is 5.91. The van der Waals surface area contributed by atoms with Crippen LogP contribution in [0.4, 0.5) is 0 Å². The van der Waals surface area contributed by atoms with E-state index in [0.717, 1.165) is 51.2 Å². The van der Waals surface area contributed by atoms with Gasteiger partial charge in [0.25, 0.3) is 0 Å². The molecule has 0 radical (unpaired) electrons. The molecule has 1 aromatic heterocycles. The number of para-hydroxylation sites is 1. The molecular weight excluding hydrogens is 264 g/mol. The Hall–Kier alpha value is -1.49. The summed E-state index contributed by atoms with van der Waals surface area (Å²) >= 11 is 0. The molecular formula is C17H20N2O2. The summed E-state index contributed by atoms with van der Waals surface area (Å²) in [4.78, 5) is 6.98. The standard InChI is InChI=1S/C17H20N2O2/c1-4-14-6-2-8-18-16(14)15(5-1)12-19-9-3-7-17(13-19)20-10-11-21-17/h1-2,4-6,8H,3,7,9-13H2. The van der Waals surface area contributed by atoms with Gasteiger partial charge in [-0.3, -0.25) is 9.88 Å². The Morgan fingerprint density at radius 3 is 2.90 bits per heavy atom. The Bertz CT molecular complexity index is 632. The van der Waals surface area contributed by atoms with Crippen LogP contribution in [-0.2, 0) is 16.0 Å². The summed E-state index contributed by atoms with van der Waals surface area (Å²) in [6, 6.07) is 10.5. The van der Waals surface area contributed by atoms with E-state index in [1.165, 1.54) is 10.9 Å². The van der Waals surface area contributed by atoms with Gasteiger partial charge in [-0.1, -0.05) is 24.3 Å². The van der Waals surface area contributed by atoms with Crippen molar-refractivity contribution in [3.8, 4) is 0 Å². The number of ether oxygens (including phenoxy) is 2. The molecule has 110 valence electrons. The highest BCUT2D eigenvalue weighted by molar-refractivity contribution is 5.81. The zero-order valence-corrected chi connectivity index (χ0v) is 12.1. The predicted molar refractivity (Wildman–Crippen MR) is 80.9 cm³/mol. The first-order chi connectivity index (χ1) is 10.3. The minimum absolute atomic E-state index is 0.351. The molecule has 2 aromatic rings. The number of rotatable bonds is 2. The van der Waals surface area contributed by atoms with Gasteiger partial charge in [0.2, 0.25) is 0 Å². The van der Waals surface area contributed by atoms with Crippen molar-refractivity contribution in [2.75, 3.05) is 26.3 Å². The van der Waals surface area contributed by atoms with Crippen LogP contribution in [0.3, 0.4) is 0 Å². The number of pyridine rings is 1. The molecule has 4 rings (SSSR count). The van der Waals surface area contributed by atoms with Gasteiger partial charge >= 0.3 is 0 Å². The van der Waals surface area contributed by atoms with Crippen molar-refractivity contribution >= 4 is 10.9 Å². The highest BCUT2D eigenvalue weighted by atomic mass is 16.7. The fraction of sp³-hybridized carbons (Fsp3) is 0.471. The zero-order chi connectivity index (χ0) is 14.1. The minimum Gasteiger partial charge on any atom is -0.346 e. The number of nitrogens with zero attached hydrogens (tertiary/aromatic N) is 2. The van der Waals surface area contributed by atoms with Crippen LogP contribution in [-0.4, -0.2) is 42.0 Å². The summed E-state index contributed by atoms with van der Waals surface area (Å²) < 4.78 is 11.7. The number of benzene rings is 1. The normalized spacial score (nSPS) is 22.1. The molecule has 4 nitrogen and oxygen atoms in total. The maximum absolute atomic E-state index is 5.86. The first-order valence-corrected chi connectivity index (χ1v) is 7.68. The smallest absolute Gasteiger partial charge is 0.181 e. The zero-order valence-electron chi connectivity index (χ0n) is 12.1. The van der Waals surface area contributed by atoms with Gasteiger partial charge in [0.1, 0.15) is 0 Å². The summed E-state index contributed by atoms with van der Waals surface area (Å²) in [6.45, 7) is 4.31. The van der Waals surface area contributed by atoms with Crippen LogP contribution in [0.15, 0.2) is 36.5 Å². The van der Waals surface area contributed by atoms with Gasteiger partial charge in [0.15, 0.2) is 5.79 Å². The van der Waals surface area contributed by atoms with E-state index in [9.17, 15) is 0 Å². The van der Waals surface area contributed by atoms with Crippen molar-refractivity contribution in [2.45, 2.75) is 25.2 Å². The fourth-order valence-electron chi connectivity index (χ4n) is 3.47. The summed E-state index contributed by atoms with van der Waals surface area (Å²) in [6.07, 6.45) is 4.00. The third-order valence-corrected chi connectivity index (χ3v) is 4.42. The largest absolute Gasteiger partial charge is 0.346 e. The van der Waals surface area contributed by atoms with Crippen molar-refractivity contribution in [1.29, 1.82) is 0 Å². The summed E-state index contributed by atoms with van der Waals surface area (Å²) in [5.41, 5.74) is 2.39. The maximum atomic E-state index is 5.86. The second kappa shape index (κ2) is 5.37. The number of hydrogen-bond donors (Lipinski definition) is 0. The van der Waals surface area contributed by atoms with Crippen LogP contribution in [0.2, 0.25) is 0 Å². The van der Waals surface area contributed by atoms with E-state index in [2.05, 4.69) is 34.1 Å². The Balaban J connectivity index is 1.57. The van der Waals surface area contributed by atoms with Crippen LogP contribution in [0, 0.1) is 0 Å². The summed E-state index contributed by atoms with van der Waals surface area (Å²) in [5.74, 6) is -0.351. The van der Waals surface area contributed by atoms with Gasteiger partial charge < -0.3 is 9.47 Å². The SMILES string of the molecule is c1cnc2c(CN3CCCC4(C3)OCCO4)cccc2c1. The first-order valence-electron chi connectivity index (χ1n) is 7.68. The molecule has 0 amide bonds. The molecule has 0 bridgehead atoms. The average Bonchev–Trinajstić information content (AvgIpc) is 2.95. The quantitative estimate of drug-likeness (QED) is 0.849. The van der Waals surface area contributed by atoms with Crippen LogP contribution in [0.5, 0.6) is 0 Å². The van der Waals surface area contributed by atoms with E-state index in [1.807, 2.05) is 12.3 Å². The van der Waals surface area contributed by atoms with Crippen molar-refractivity contribution < 1.29 is 9.47 Å². The third kappa shape index (κ3) is 2.55. The Labute approximate surface area is 124 Å². The Kier molecular flexibility index (Phi) is 3.37. The molecule has 0 N–H and O–H groups in total. The van der Waals surface area contributed by atoms with Crippen LogP contribution in [0.1, 0.15) is 18.4 Å². The number of aromatic nitrogens is 1.